The smallest absolute Gasteiger partial charge is 0.326 e. The van der Waals surface area contributed by atoms with Crippen LogP contribution in [0.3, 0.4) is 0 Å². The minimum Gasteiger partial charge on any atom is -0.481 e. The Kier molecular flexibility index (Phi) is 10.9. The number of amides is 3. The molecule has 0 aliphatic rings. The van der Waals surface area contributed by atoms with E-state index in [-0.39, 0.29) is 18.6 Å². The lowest BCUT2D eigenvalue weighted by Gasteiger charge is -2.25. The zero-order chi connectivity index (χ0) is 27.7. The molecule has 0 aliphatic carbocycles. The van der Waals surface area contributed by atoms with E-state index in [1.54, 1.807) is 20.0 Å². The maximum atomic E-state index is 12.9. The van der Waals surface area contributed by atoms with Gasteiger partial charge in [0.25, 0.3) is 0 Å². The van der Waals surface area contributed by atoms with Crippen LogP contribution in [0.15, 0.2) is 30.5 Å². The summed E-state index contributed by atoms with van der Waals surface area (Å²) in [4.78, 5) is 63.9. The summed E-state index contributed by atoms with van der Waals surface area (Å²) in [7, 11) is 0. The van der Waals surface area contributed by atoms with Gasteiger partial charge in [-0.1, -0.05) is 32.0 Å². The number of carbonyl (C=O) groups excluding carboxylic acids is 3. The number of hydrogen-bond acceptors (Lipinski definition) is 7. The molecule has 12 nitrogen and oxygen atoms in total. The average Bonchev–Trinajstić information content (AvgIpc) is 3.25. The number of thiol groups is 1. The number of aliphatic carboxylic acids is 2. The lowest BCUT2D eigenvalue weighted by molar-refractivity contribution is -0.143. The van der Waals surface area contributed by atoms with E-state index in [0.29, 0.717) is 0 Å². The van der Waals surface area contributed by atoms with E-state index >= 15 is 0 Å². The fourth-order valence-corrected chi connectivity index (χ4v) is 3.94. The Balaban J connectivity index is 2.09. The van der Waals surface area contributed by atoms with Crippen molar-refractivity contribution in [2.24, 2.45) is 11.7 Å². The van der Waals surface area contributed by atoms with E-state index in [0.717, 1.165) is 16.5 Å². The minimum atomic E-state index is -1.30. The molecule has 0 fully saturated rings. The van der Waals surface area contributed by atoms with Crippen LogP contribution in [0.5, 0.6) is 0 Å². The highest BCUT2D eigenvalue weighted by Gasteiger charge is 2.31. The van der Waals surface area contributed by atoms with Crippen LogP contribution in [-0.2, 0) is 30.4 Å². The molecular formula is C24H33N5O7S. The monoisotopic (exact) mass is 535 g/mol. The van der Waals surface area contributed by atoms with Gasteiger partial charge in [-0.15, -0.1) is 0 Å². The third-order valence-corrected chi connectivity index (χ3v) is 6.14. The predicted molar refractivity (Wildman–Crippen MR) is 139 cm³/mol. The number of H-pyrrole nitrogens is 1. The van der Waals surface area contributed by atoms with Crippen molar-refractivity contribution in [2.45, 2.75) is 57.3 Å². The molecule has 0 saturated carbocycles. The van der Waals surface area contributed by atoms with Crippen LogP contribution >= 0.6 is 12.6 Å². The zero-order valence-electron chi connectivity index (χ0n) is 20.6. The summed E-state index contributed by atoms with van der Waals surface area (Å²) in [6.07, 6.45) is 1.22. The number of nitrogens with two attached hydrogens (primary N) is 1. The van der Waals surface area contributed by atoms with Crippen LogP contribution < -0.4 is 21.7 Å². The summed E-state index contributed by atoms with van der Waals surface area (Å²) in [5.74, 6) is -5.26. The van der Waals surface area contributed by atoms with Crippen molar-refractivity contribution in [3.63, 3.8) is 0 Å². The Morgan fingerprint density at radius 2 is 1.59 bits per heavy atom. The standard InChI is InChI=1S/C24H33N5O7S/c1-12(2)20(24(35)36)29-23(34)18(11-37)28-22(33)17(7-8-19(30)31)27-21(32)15(25)9-13-10-26-16-6-4-3-5-14(13)16/h3-6,10,12,15,17-18,20,26,37H,7-9,11,25H2,1-2H3,(H,27,32)(H,28,33)(H,29,34)(H,30,31)(H,35,36). The van der Waals surface area contributed by atoms with Gasteiger partial charge in [-0.2, -0.15) is 12.6 Å². The first-order chi connectivity index (χ1) is 17.4. The largest absolute Gasteiger partial charge is 0.481 e. The minimum absolute atomic E-state index is 0.163. The Labute approximate surface area is 219 Å². The van der Waals surface area contributed by atoms with Gasteiger partial charge in [-0.05, 0) is 30.4 Å². The summed E-state index contributed by atoms with van der Waals surface area (Å²) in [6, 6.07) is 2.74. The number of carboxylic acids is 2. The van der Waals surface area contributed by atoms with Crippen molar-refractivity contribution in [3.8, 4) is 0 Å². The van der Waals surface area contributed by atoms with Gasteiger partial charge in [-0.3, -0.25) is 19.2 Å². The van der Waals surface area contributed by atoms with Gasteiger partial charge in [0.05, 0.1) is 6.04 Å². The first-order valence-corrected chi connectivity index (χ1v) is 12.3. The molecule has 202 valence electrons. The van der Waals surface area contributed by atoms with Crippen molar-refractivity contribution < 1.29 is 34.2 Å². The Hall–Kier alpha value is -3.58. The van der Waals surface area contributed by atoms with E-state index in [1.807, 2.05) is 24.3 Å². The molecule has 0 radical (unpaired) electrons. The van der Waals surface area contributed by atoms with Gasteiger partial charge in [0.15, 0.2) is 0 Å². The Bertz CT molecular complexity index is 1140. The van der Waals surface area contributed by atoms with Gasteiger partial charge in [0.1, 0.15) is 18.1 Å². The van der Waals surface area contributed by atoms with Crippen molar-refractivity contribution >= 4 is 53.2 Å². The predicted octanol–water partition coefficient (Wildman–Crippen LogP) is 0.0273. The van der Waals surface area contributed by atoms with Crippen LogP contribution in [-0.4, -0.2) is 74.8 Å². The quantitative estimate of drug-likeness (QED) is 0.155. The highest BCUT2D eigenvalue weighted by Crippen LogP contribution is 2.19. The lowest BCUT2D eigenvalue weighted by Crippen LogP contribution is -2.58. The number of para-hydroxylation sites is 1. The van der Waals surface area contributed by atoms with Crippen LogP contribution in [0.4, 0.5) is 0 Å². The van der Waals surface area contributed by atoms with Gasteiger partial charge < -0.3 is 36.9 Å². The van der Waals surface area contributed by atoms with Gasteiger partial charge in [0.2, 0.25) is 17.7 Å². The molecule has 1 aromatic heterocycles. The molecule has 1 heterocycles. The van der Waals surface area contributed by atoms with Crippen LogP contribution in [0.25, 0.3) is 10.9 Å². The van der Waals surface area contributed by atoms with E-state index in [9.17, 15) is 29.1 Å². The molecule has 1 aromatic carbocycles. The van der Waals surface area contributed by atoms with Crippen molar-refractivity contribution in [1.29, 1.82) is 0 Å². The molecule has 13 heteroatoms. The molecule has 4 atom stereocenters. The average molecular weight is 536 g/mol. The number of hydrogen-bond donors (Lipinski definition) is 8. The third-order valence-electron chi connectivity index (χ3n) is 5.78. The Morgan fingerprint density at radius 3 is 2.19 bits per heavy atom. The molecule has 2 rings (SSSR count). The Morgan fingerprint density at radius 1 is 0.973 bits per heavy atom. The van der Waals surface area contributed by atoms with E-state index < -0.39 is 66.2 Å². The number of benzene rings is 1. The highest BCUT2D eigenvalue weighted by molar-refractivity contribution is 7.80. The summed E-state index contributed by atoms with van der Waals surface area (Å²) < 4.78 is 0. The molecule has 4 unspecified atom stereocenters. The summed E-state index contributed by atoms with van der Waals surface area (Å²) >= 11 is 4.06. The van der Waals surface area contributed by atoms with E-state index in [1.165, 1.54) is 0 Å². The summed E-state index contributed by atoms with van der Waals surface area (Å²) in [6.45, 7) is 3.23. The molecule has 0 bridgehead atoms. The summed E-state index contributed by atoms with van der Waals surface area (Å²) in [5, 5.41) is 26.5. The van der Waals surface area contributed by atoms with Crippen LogP contribution in [0, 0.1) is 5.92 Å². The van der Waals surface area contributed by atoms with Crippen LogP contribution in [0.1, 0.15) is 32.3 Å². The molecule has 0 spiro atoms. The second-order valence-corrected chi connectivity index (χ2v) is 9.34. The molecule has 3 amide bonds. The summed E-state index contributed by atoms with van der Waals surface area (Å²) in [5.41, 5.74) is 7.76. The first kappa shape index (κ1) is 29.6. The van der Waals surface area contributed by atoms with Gasteiger partial charge >= 0.3 is 11.9 Å². The topological polar surface area (TPSA) is 204 Å². The highest BCUT2D eigenvalue weighted by atomic mass is 32.1. The number of nitrogens with one attached hydrogen (secondary N) is 4. The maximum absolute atomic E-state index is 12.9. The number of carbonyl (C=O) groups is 5. The van der Waals surface area contributed by atoms with Gasteiger partial charge in [0, 0.05) is 29.3 Å². The fourth-order valence-electron chi connectivity index (χ4n) is 3.68. The maximum Gasteiger partial charge on any atom is 0.326 e. The van der Waals surface area contributed by atoms with Crippen molar-refractivity contribution in [3.05, 3.63) is 36.0 Å². The van der Waals surface area contributed by atoms with Crippen molar-refractivity contribution in [2.75, 3.05) is 5.75 Å². The fraction of sp³-hybridized carbons (Fsp3) is 0.458. The molecule has 2 aromatic rings. The lowest BCUT2D eigenvalue weighted by atomic mass is 10.0. The van der Waals surface area contributed by atoms with Crippen molar-refractivity contribution in [1.82, 2.24) is 20.9 Å². The third kappa shape index (κ3) is 8.50. The zero-order valence-corrected chi connectivity index (χ0v) is 21.5. The number of aromatic amines is 1. The molecule has 8 N–H and O–H groups in total. The number of rotatable bonds is 14. The number of aromatic nitrogens is 1. The number of fused-ring (bicyclic) bond motifs is 1. The molecule has 0 aliphatic heterocycles. The van der Waals surface area contributed by atoms with E-state index in [2.05, 4.69) is 33.6 Å². The second-order valence-electron chi connectivity index (χ2n) is 8.98. The van der Waals surface area contributed by atoms with E-state index in [4.69, 9.17) is 10.8 Å². The molecule has 37 heavy (non-hydrogen) atoms. The SMILES string of the molecule is CC(C)C(NC(=O)C(CS)NC(=O)C(CCC(=O)O)NC(=O)C(N)Cc1c[nH]c2ccccc12)C(=O)O. The molecular weight excluding hydrogens is 502 g/mol. The van der Waals surface area contributed by atoms with Gasteiger partial charge in [-0.25, -0.2) is 4.79 Å². The second kappa shape index (κ2) is 13.7. The van der Waals surface area contributed by atoms with Crippen LogP contribution in [0.2, 0.25) is 0 Å². The normalized spacial score (nSPS) is 14.4. The molecule has 0 saturated heterocycles. The first-order valence-electron chi connectivity index (χ1n) is 11.7. The number of carboxylic acid groups (broad SMARTS) is 2.